The third kappa shape index (κ3) is 4.75. The van der Waals surface area contributed by atoms with Crippen LogP contribution < -0.4 is 5.32 Å². The van der Waals surface area contributed by atoms with E-state index in [4.69, 9.17) is 0 Å². The summed E-state index contributed by atoms with van der Waals surface area (Å²) >= 11 is 1.62. The van der Waals surface area contributed by atoms with Gasteiger partial charge >= 0.3 is 0 Å². The first-order valence-electron chi connectivity index (χ1n) is 11.1. The van der Waals surface area contributed by atoms with E-state index in [1.807, 2.05) is 94.5 Å². The van der Waals surface area contributed by atoms with Gasteiger partial charge in [0.2, 0.25) is 5.91 Å². The minimum Gasteiger partial charge on any atom is -0.348 e. The van der Waals surface area contributed by atoms with Gasteiger partial charge in [-0.05, 0) is 34.9 Å². The second-order valence-corrected chi connectivity index (χ2v) is 9.14. The summed E-state index contributed by atoms with van der Waals surface area (Å²) in [5, 5.41) is 2.96. The van der Waals surface area contributed by atoms with Crippen molar-refractivity contribution in [2.45, 2.75) is 18.5 Å². The van der Waals surface area contributed by atoms with Crippen LogP contribution in [0.3, 0.4) is 0 Å². The van der Waals surface area contributed by atoms with Crippen molar-refractivity contribution in [3.05, 3.63) is 120 Å². The molecule has 2 amide bonds. The number of aromatic nitrogens is 2. The van der Waals surface area contributed by atoms with Crippen LogP contribution in [0, 0.1) is 0 Å². The molecule has 2 heterocycles. The fourth-order valence-electron chi connectivity index (χ4n) is 4.07. The fraction of sp³-hybridized carbons (Fsp3) is 0.148. The molecule has 1 N–H and O–H groups in total. The number of rotatable bonds is 7. The lowest BCUT2D eigenvalue weighted by atomic mass is 10.1. The quantitative estimate of drug-likeness (QED) is 0.431. The van der Waals surface area contributed by atoms with Gasteiger partial charge in [0.05, 0.1) is 17.8 Å². The molecular weight excluding hydrogens is 444 g/mol. The lowest BCUT2D eigenvalue weighted by Crippen LogP contribution is -2.27. The first kappa shape index (κ1) is 22.0. The van der Waals surface area contributed by atoms with Gasteiger partial charge in [0, 0.05) is 31.0 Å². The van der Waals surface area contributed by atoms with E-state index in [1.54, 1.807) is 24.3 Å². The molecule has 7 heteroatoms. The molecule has 6 nitrogen and oxygen atoms in total. The van der Waals surface area contributed by atoms with Crippen LogP contribution in [-0.4, -0.2) is 32.0 Å². The van der Waals surface area contributed by atoms with E-state index in [0.717, 1.165) is 22.4 Å². The topological polar surface area (TPSA) is 67.2 Å². The van der Waals surface area contributed by atoms with Crippen molar-refractivity contribution in [1.82, 2.24) is 19.8 Å². The van der Waals surface area contributed by atoms with Crippen LogP contribution in [0.4, 0.5) is 0 Å². The number of hydrogen-bond donors (Lipinski definition) is 1. The summed E-state index contributed by atoms with van der Waals surface area (Å²) in [4.78, 5) is 31.3. The van der Waals surface area contributed by atoms with E-state index < -0.39 is 0 Å². The molecule has 0 saturated carbocycles. The number of carbonyl (C=O) groups excluding carboxylic acids is 2. The minimum atomic E-state index is -0.136. The Morgan fingerprint density at radius 1 is 1.00 bits per heavy atom. The second-order valence-electron chi connectivity index (χ2n) is 8.07. The molecule has 0 unspecified atom stereocenters. The first-order chi connectivity index (χ1) is 16.7. The first-order valence-corrected chi connectivity index (χ1v) is 12.1. The number of hydrogen-bond acceptors (Lipinski definition) is 4. The van der Waals surface area contributed by atoms with Crippen molar-refractivity contribution in [1.29, 1.82) is 0 Å². The number of nitrogens with zero attached hydrogens (tertiary/aromatic N) is 3. The summed E-state index contributed by atoms with van der Waals surface area (Å²) in [6.07, 6.45) is 5.35. The molecule has 1 aromatic heterocycles. The maximum absolute atomic E-state index is 12.8. The van der Waals surface area contributed by atoms with Crippen molar-refractivity contribution < 1.29 is 9.59 Å². The van der Waals surface area contributed by atoms with Gasteiger partial charge in [-0.2, -0.15) is 0 Å². The van der Waals surface area contributed by atoms with Crippen LogP contribution in [0.2, 0.25) is 0 Å². The zero-order valence-electron chi connectivity index (χ0n) is 18.5. The predicted octanol–water partition coefficient (Wildman–Crippen LogP) is 4.58. The molecule has 0 bridgehead atoms. The van der Waals surface area contributed by atoms with Crippen LogP contribution in [0.25, 0.3) is 5.69 Å². The molecule has 1 aliphatic rings. The normalized spacial score (nSPS) is 15.5. The average molecular weight is 469 g/mol. The average Bonchev–Trinajstić information content (AvgIpc) is 3.54. The van der Waals surface area contributed by atoms with E-state index in [0.29, 0.717) is 24.4 Å². The number of benzene rings is 3. The van der Waals surface area contributed by atoms with E-state index in [1.165, 1.54) is 0 Å². The fourth-order valence-corrected chi connectivity index (χ4v) is 5.26. The summed E-state index contributed by atoms with van der Waals surface area (Å²) in [7, 11) is 0. The van der Waals surface area contributed by atoms with Crippen LogP contribution >= 0.6 is 11.8 Å². The molecule has 0 spiro atoms. The molecule has 5 rings (SSSR count). The smallest absolute Gasteiger partial charge is 0.251 e. The van der Waals surface area contributed by atoms with Crippen molar-refractivity contribution >= 4 is 23.6 Å². The van der Waals surface area contributed by atoms with Gasteiger partial charge in [0.25, 0.3) is 5.91 Å². The Morgan fingerprint density at radius 3 is 2.53 bits per heavy atom. The summed E-state index contributed by atoms with van der Waals surface area (Å²) in [6.45, 7) is 0.989. The van der Waals surface area contributed by atoms with Crippen LogP contribution in [0.15, 0.2) is 97.6 Å². The number of imidazole rings is 1. The summed E-state index contributed by atoms with van der Waals surface area (Å²) < 4.78 is 1.93. The molecule has 0 radical (unpaired) electrons. The molecular formula is C27H24N4O2S. The highest BCUT2D eigenvalue weighted by Crippen LogP contribution is 2.39. The molecule has 3 aromatic carbocycles. The number of para-hydroxylation sites is 1. The number of thioether (sulfide) groups is 1. The highest BCUT2D eigenvalue weighted by Gasteiger charge is 2.32. The highest BCUT2D eigenvalue weighted by molar-refractivity contribution is 8.00. The van der Waals surface area contributed by atoms with E-state index in [9.17, 15) is 9.59 Å². The van der Waals surface area contributed by atoms with Gasteiger partial charge in [0.15, 0.2) is 0 Å². The third-order valence-electron chi connectivity index (χ3n) is 5.84. The van der Waals surface area contributed by atoms with E-state index in [-0.39, 0.29) is 17.2 Å². The largest absolute Gasteiger partial charge is 0.348 e. The second kappa shape index (κ2) is 9.97. The SMILES string of the molecule is O=C(NCc1ccccc1-n1ccnc1)c1ccc([C@H]2SCC(=O)N2Cc2ccccc2)cc1. The van der Waals surface area contributed by atoms with Crippen molar-refractivity contribution in [3.63, 3.8) is 0 Å². The molecule has 1 fully saturated rings. The molecule has 1 saturated heterocycles. The van der Waals surface area contributed by atoms with Gasteiger partial charge in [-0.15, -0.1) is 11.8 Å². The Bertz CT molecular complexity index is 1270. The number of amides is 2. The minimum absolute atomic E-state index is 0.0492. The molecule has 170 valence electrons. The molecule has 4 aromatic rings. The standard InChI is InChI=1S/C27H24N4O2S/c32-25-18-34-27(31(25)17-20-6-2-1-3-7-20)22-12-10-21(11-13-22)26(33)29-16-23-8-4-5-9-24(23)30-15-14-28-19-30/h1-15,19,27H,16-18H2,(H,29,33)/t27-/m1/s1. The van der Waals surface area contributed by atoms with Crippen molar-refractivity contribution in [2.24, 2.45) is 0 Å². The van der Waals surface area contributed by atoms with Gasteiger partial charge < -0.3 is 14.8 Å². The maximum Gasteiger partial charge on any atom is 0.251 e. The molecule has 34 heavy (non-hydrogen) atoms. The Kier molecular flexibility index (Phi) is 6.44. The Balaban J connectivity index is 1.25. The predicted molar refractivity (Wildman–Crippen MR) is 133 cm³/mol. The monoisotopic (exact) mass is 468 g/mol. The van der Waals surface area contributed by atoms with Crippen LogP contribution in [0.1, 0.15) is 32.4 Å². The third-order valence-corrected chi connectivity index (χ3v) is 7.09. The van der Waals surface area contributed by atoms with Gasteiger partial charge in [0.1, 0.15) is 5.37 Å². The van der Waals surface area contributed by atoms with E-state index in [2.05, 4.69) is 10.3 Å². The maximum atomic E-state index is 12.8. The lowest BCUT2D eigenvalue weighted by Gasteiger charge is -2.24. The Morgan fingerprint density at radius 2 is 1.76 bits per heavy atom. The molecule has 1 aliphatic heterocycles. The van der Waals surface area contributed by atoms with Crippen molar-refractivity contribution in [3.8, 4) is 5.69 Å². The lowest BCUT2D eigenvalue weighted by molar-refractivity contribution is -0.128. The number of carbonyl (C=O) groups is 2. The summed E-state index contributed by atoms with van der Waals surface area (Å²) in [5.74, 6) is 0.469. The highest BCUT2D eigenvalue weighted by atomic mass is 32.2. The Hall–Kier alpha value is -3.84. The van der Waals surface area contributed by atoms with E-state index >= 15 is 0 Å². The van der Waals surface area contributed by atoms with Gasteiger partial charge in [-0.3, -0.25) is 9.59 Å². The van der Waals surface area contributed by atoms with Crippen molar-refractivity contribution in [2.75, 3.05) is 5.75 Å². The number of nitrogens with one attached hydrogen (secondary N) is 1. The summed E-state index contributed by atoms with van der Waals surface area (Å²) in [5.41, 5.74) is 4.71. The zero-order valence-corrected chi connectivity index (χ0v) is 19.3. The van der Waals surface area contributed by atoms with Gasteiger partial charge in [-0.1, -0.05) is 60.7 Å². The zero-order chi connectivity index (χ0) is 23.3. The summed E-state index contributed by atoms with van der Waals surface area (Å²) in [6, 6.07) is 25.5. The Labute approximate surface area is 202 Å². The van der Waals surface area contributed by atoms with Crippen LogP contribution in [-0.2, 0) is 17.9 Å². The molecule has 0 aliphatic carbocycles. The van der Waals surface area contributed by atoms with Gasteiger partial charge in [-0.25, -0.2) is 4.98 Å². The van der Waals surface area contributed by atoms with Crippen LogP contribution in [0.5, 0.6) is 0 Å². The molecule has 1 atom stereocenters.